The van der Waals surface area contributed by atoms with Crippen molar-refractivity contribution in [3.8, 4) is 34.7 Å². The fraction of sp³-hybridized carbons (Fsp3) is 0.0345. The number of hydrogen-bond acceptors (Lipinski definition) is 4. The van der Waals surface area contributed by atoms with Gasteiger partial charge in [-0.3, -0.25) is 0 Å². The van der Waals surface area contributed by atoms with E-state index in [1.807, 2.05) is 108 Å². The maximum atomic E-state index is 10.5. The predicted octanol–water partition coefficient (Wildman–Crippen LogP) is 13.2. The summed E-state index contributed by atoms with van der Waals surface area (Å²) < 4.78 is 3.74. The van der Waals surface area contributed by atoms with E-state index >= 15 is 0 Å². The summed E-state index contributed by atoms with van der Waals surface area (Å²) in [5, 5.41) is 27.5. The number of aromatic nitrogens is 2. The summed E-state index contributed by atoms with van der Waals surface area (Å²) in [5.41, 5.74) is 8.72. The third-order valence-corrected chi connectivity index (χ3v) is 12.3. The average molecular weight is 847 g/mol. The second-order valence-corrected chi connectivity index (χ2v) is 15.8. The summed E-state index contributed by atoms with van der Waals surface area (Å²) in [6.45, 7) is 16.4. The van der Waals surface area contributed by atoms with Crippen molar-refractivity contribution in [2.24, 2.45) is 14.1 Å². The van der Waals surface area contributed by atoms with E-state index < -0.39 is 0 Å². The van der Waals surface area contributed by atoms with Gasteiger partial charge < -0.3 is 18.9 Å². The molecular formula is C58H38N8. The van der Waals surface area contributed by atoms with Crippen molar-refractivity contribution in [3.05, 3.63) is 228 Å². The van der Waals surface area contributed by atoms with Crippen LogP contribution in [-0.4, -0.2) is 9.13 Å². The second kappa shape index (κ2) is 16.9. The molecule has 2 heterocycles. The Balaban J connectivity index is 1.19. The summed E-state index contributed by atoms with van der Waals surface area (Å²) >= 11 is 0. The van der Waals surface area contributed by atoms with Crippen LogP contribution in [0.5, 0.6) is 0 Å². The minimum Gasteiger partial charge on any atom is -0.346 e. The smallest absolute Gasteiger partial charge is 0.346 e. The van der Waals surface area contributed by atoms with Crippen LogP contribution in [0.1, 0.15) is 0 Å². The molecule has 10 aromatic rings. The lowest BCUT2D eigenvalue weighted by molar-refractivity contribution is 0.881. The van der Waals surface area contributed by atoms with Gasteiger partial charge in [-0.05, 0) is 82.6 Å². The molecule has 0 N–H and O–H groups in total. The van der Waals surface area contributed by atoms with Gasteiger partial charge in [0, 0.05) is 58.4 Å². The van der Waals surface area contributed by atoms with Crippen LogP contribution in [0.4, 0.5) is 34.1 Å². The quantitative estimate of drug-likeness (QED) is 0.143. The molecule has 0 saturated heterocycles. The molecule has 0 unspecified atom stereocenters. The minimum absolute atomic E-state index is 0.0787. The Morgan fingerprint density at radius 3 is 1.23 bits per heavy atom. The molecule has 0 fully saturated rings. The molecular weight excluding hydrogens is 809 g/mol. The normalized spacial score (nSPS) is 10.8. The first-order valence-corrected chi connectivity index (χ1v) is 21.3. The molecule has 0 bridgehead atoms. The Kier molecular flexibility index (Phi) is 10.4. The summed E-state index contributed by atoms with van der Waals surface area (Å²) in [6, 6.07) is 70.4. The van der Waals surface area contributed by atoms with E-state index in [0.29, 0.717) is 32.9 Å². The van der Waals surface area contributed by atoms with Crippen molar-refractivity contribution in [2.75, 3.05) is 9.80 Å². The van der Waals surface area contributed by atoms with E-state index in [2.05, 4.69) is 141 Å². The van der Waals surface area contributed by atoms with Crippen LogP contribution in [0, 0.1) is 35.8 Å². The molecule has 10 rings (SSSR count). The summed E-state index contributed by atoms with van der Waals surface area (Å²) in [7, 11) is 3.69. The predicted molar refractivity (Wildman–Crippen MR) is 268 cm³/mol. The van der Waals surface area contributed by atoms with E-state index in [-0.39, 0.29) is 11.4 Å². The monoisotopic (exact) mass is 846 g/mol. The Hall–Kier alpha value is -9.60. The number of fused-ring (bicyclic) bond motifs is 3. The lowest BCUT2D eigenvalue weighted by Crippen LogP contribution is -2.20. The van der Waals surface area contributed by atoms with E-state index in [1.54, 1.807) is 0 Å². The largest absolute Gasteiger partial charge is 0.543 e. The Labute approximate surface area is 382 Å². The summed E-state index contributed by atoms with van der Waals surface area (Å²) in [5.74, 6) is -0.117. The number of benzene rings is 8. The van der Waals surface area contributed by atoms with Crippen molar-refractivity contribution >= 4 is 77.8 Å². The molecule has 0 aliphatic heterocycles. The van der Waals surface area contributed by atoms with E-state index in [0.717, 1.165) is 66.8 Å². The molecule has 0 atom stereocenters. The maximum Gasteiger partial charge on any atom is 0.543 e. The highest BCUT2D eigenvalue weighted by Gasteiger charge is 2.28. The molecule has 66 heavy (non-hydrogen) atoms. The average Bonchev–Trinajstić information content (AvgIpc) is 3.82. The van der Waals surface area contributed by atoms with Crippen molar-refractivity contribution < 1.29 is 0 Å². The molecule has 0 radical (unpaired) electrons. The lowest BCUT2D eigenvalue weighted by atomic mass is 10.0. The van der Waals surface area contributed by atoms with Gasteiger partial charge in [0.2, 0.25) is 0 Å². The third-order valence-electron chi connectivity index (χ3n) is 12.3. The molecule has 8 heteroatoms. The standard InChI is InChI=1S/C58H38N8/c1-61-58(62-2)57-53-52(54(64(57)4)41-29-33-46(34-30-41)65(44-21-7-5-8-22-44)50-27-15-19-39-17-11-13-25-48(39)50)56(43(37-59)38-60)63(3)55(53)42-31-35-47(36-32-42)66(45-23-9-6-10-24-45)51-28-16-20-40-18-12-14-26-49(40)51/h5-36H,3-4H3. The third kappa shape index (κ3) is 6.68. The first-order chi connectivity index (χ1) is 32.4. The molecule has 0 aliphatic rings. The van der Waals surface area contributed by atoms with Crippen molar-refractivity contribution in [2.45, 2.75) is 0 Å². The van der Waals surface area contributed by atoms with Crippen LogP contribution in [0.15, 0.2) is 194 Å². The second-order valence-electron chi connectivity index (χ2n) is 15.8. The molecule has 310 valence electrons. The van der Waals surface area contributed by atoms with Crippen molar-refractivity contribution in [1.82, 2.24) is 9.13 Å². The molecule has 0 spiro atoms. The zero-order valence-electron chi connectivity index (χ0n) is 36.1. The Bertz CT molecular complexity index is 3520. The Morgan fingerprint density at radius 2 is 0.803 bits per heavy atom. The highest BCUT2D eigenvalue weighted by Crippen LogP contribution is 2.42. The van der Waals surface area contributed by atoms with Crippen LogP contribution in [0.25, 0.3) is 75.9 Å². The van der Waals surface area contributed by atoms with Crippen LogP contribution in [0.3, 0.4) is 0 Å². The van der Waals surface area contributed by atoms with Gasteiger partial charge in [0.15, 0.2) is 5.57 Å². The van der Waals surface area contributed by atoms with Gasteiger partial charge in [0.05, 0.1) is 28.1 Å². The molecule has 2 aromatic heterocycles. The van der Waals surface area contributed by atoms with Crippen LogP contribution < -0.4 is 20.5 Å². The minimum atomic E-state index is -0.117. The highest BCUT2D eigenvalue weighted by molar-refractivity contribution is 6.08. The number of rotatable bonds is 8. The fourth-order valence-electron chi connectivity index (χ4n) is 9.44. The molecule has 8 nitrogen and oxygen atoms in total. The summed E-state index contributed by atoms with van der Waals surface area (Å²) in [6.07, 6.45) is 0. The summed E-state index contributed by atoms with van der Waals surface area (Å²) in [4.78, 5) is 11.9. The molecule has 0 amide bonds. The maximum absolute atomic E-state index is 10.5. The van der Waals surface area contributed by atoms with Gasteiger partial charge >= 0.3 is 5.82 Å². The zero-order chi connectivity index (χ0) is 45.3. The van der Waals surface area contributed by atoms with Gasteiger partial charge in [0.25, 0.3) is 0 Å². The number of nitriles is 2. The first kappa shape index (κ1) is 40.5. The van der Waals surface area contributed by atoms with E-state index in [1.165, 1.54) is 0 Å². The highest BCUT2D eigenvalue weighted by atomic mass is 15.1. The number of para-hydroxylation sites is 2. The van der Waals surface area contributed by atoms with Crippen LogP contribution >= 0.6 is 0 Å². The van der Waals surface area contributed by atoms with Crippen LogP contribution in [-0.2, 0) is 14.1 Å². The number of nitrogens with zero attached hydrogens (tertiary/aromatic N) is 8. The van der Waals surface area contributed by atoms with Gasteiger partial charge in [-0.2, -0.15) is 20.2 Å². The van der Waals surface area contributed by atoms with Gasteiger partial charge in [0.1, 0.15) is 30.6 Å². The topological polar surface area (TPSA) is 72.6 Å². The number of hydrogen-bond donors (Lipinski definition) is 0. The lowest BCUT2D eigenvalue weighted by Gasteiger charge is -2.27. The zero-order valence-corrected chi connectivity index (χ0v) is 36.1. The Morgan fingerprint density at radius 1 is 0.439 bits per heavy atom. The number of anilines is 6. The van der Waals surface area contributed by atoms with Crippen molar-refractivity contribution in [1.29, 1.82) is 10.5 Å². The van der Waals surface area contributed by atoms with Gasteiger partial charge in [-0.1, -0.05) is 133 Å². The van der Waals surface area contributed by atoms with E-state index in [4.69, 9.17) is 13.1 Å². The fourth-order valence-corrected chi connectivity index (χ4v) is 9.44. The van der Waals surface area contributed by atoms with Gasteiger partial charge in [-0.15, -0.1) is 0 Å². The van der Waals surface area contributed by atoms with Gasteiger partial charge in [-0.25, -0.2) is 0 Å². The molecule has 8 aromatic carbocycles. The SMILES string of the molecule is [C-]#[N+]C([N+]#[C-])=c1c2c(-c3ccc(N(c4ccccc4)c4cccc5ccccc45)cc3)n(C)c(=C(C#N)C#N)c2c(-c2ccc(N(c3ccccc3)c3cccc4ccccc34)cc2)n1C. The molecule has 0 aliphatic carbocycles. The van der Waals surface area contributed by atoms with Crippen molar-refractivity contribution in [3.63, 3.8) is 0 Å². The van der Waals surface area contributed by atoms with E-state index in [9.17, 15) is 10.5 Å². The molecule has 0 saturated carbocycles. The first-order valence-electron chi connectivity index (χ1n) is 21.3. The van der Waals surface area contributed by atoms with Crippen LogP contribution in [0.2, 0.25) is 0 Å².